The fraction of sp³-hybridized carbons (Fsp3) is 0.143. The highest BCUT2D eigenvalue weighted by atomic mass is 35.5. The zero-order valence-electron chi connectivity index (χ0n) is 10.6. The minimum atomic E-state index is -0.293. The summed E-state index contributed by atoms with van der Waals surface area (Å²) in [5.41, 5.74) is 7.44. The highest BCUT2D eigenvalue weighted by Crippen LogP contribution is 2.28. The van der Waals surface area contributed by atoms with Gasteiger partial charge in [0.05, 0.1) is 15.6 Å². The van der Waals surface area contributed by atoms with Crippen LogP contribution in [-0.4, -0.2) is 17.4 Å². The Hall–Kier alpha value is -1.78. The number of halogens is 2. The molecule has 0 atom stereocenters. The quantitative estimate of drug-likeness (QED) is 0.853. The van der Waals surface area contributed by atoms with Gasteiger partial charge in [0.2, 0.25) is 0 Å². The van der Waals surface area contributed by atoms with Gasteiger partial charge in [-0.15, -0.1) is 0 Å². The second-order valence-corrected chi connectivity index (χ2v) is 5.01. The van der Waals surface area contributed by atoms with Crippen LogP contribution < -0.4 is 11.1 Å². The van der Waals surface area contributed by atoms with Crippen molar-refractivity contribution in [2.45, 2.75) is 6.42 Å². The lowest BCUT2D eigenvalue weighted by Crippen LogP contribution is -2.26. The Balaban J connectivity index is 1.99. The van der Waals surface area contributed by atoms with Crippen LogP contribution in [0.1, 0.15) is 15.9 Å². The lowest BCUT2D eigenvalue weighted by atomic mass is 10.1. The van der Waals surface area contributed by atoms with Crippen molar-refractivity contribution in [3.63, 3.8) is 0 Å². The fourth-order valence-electron chi connectivity index (χ4n) is 1.74. The fourth-order valence-corrected chi connectivity index (χ4v) is 2.16. The number of carbonyl (C=O) groups is 1. The predicted octanol–water partition coefficient (Wildman–Crippen LogP) is 2.94. The lowest BCUT2D eigenvalue weighted by molar-refractivity contribution is 0.0954. The largest absolute Gasteiger partial charge is 0.399 e. The van der Waals surface area contributed by atoms with Crippen LogP contribution in [0.15, 0.2) is 36.7 Å². The third-order valence-corrected chi connectivity index (χ3v) is 3.55. The maximum Gasteiger partial charge on any atom is 0.252 e. The van der Waals surface area contributed by atoms with Gasteiger partial charge in [-0.1, -0.05) is 23.2 Å². The van der Waals surface area contributed by atoms with Crippen molar-refractivity contribution in [2.75, 3.05) is 12.3 Å². The van der Waals surface area contributed by atoms with Crippen molar-refractivity contribution < 1.29 is 4.79 Å². The molecule has 20 heavy (non-hydrogen) atoms. The Morgan fingerprint density at radius 3 is 2.65 bits per heavy atom. The number of nitrogens with two attached hydrogens (primary N) is 1. The topological polar surface area (TPSA) is 68.0 Å². The van der Waals surface area contributed by atoms with Gasteiger partial charge >= 0.3 is 0 Å². The van der Waals surface area contributed by atoms with E-state index in [2.05, 4.69) is 10.3 Å². The number of rotatable bonds is 4. The zero-order chi connectivity index (χ0) is 14.5. The average molecular weight is 310 g/mol. The molecule has 0 spiro atoms. The van der Waals surface area contributed by atoms with Gasteiger partial charge in [-0.2, -0.15) is 0 Å². The number of hydrogen-bond acceptors (Lipinski definition) is 3. The molecule has 1 heterocycles. The highest BCUT2D eigenvalue weighted by Gasteiger charge is 2.13. The van der Waals surface area contributed by atoms with E-state index in [0.29, 0.717) is 18.7 Å². The highest BCUT2D eigenvalue weighted by molar-refractivity contribution is 6.44. The van der Waals surface area contributed by atoms with Gasteiger partial charge in [-0.05, 0) is 36.2 Å². The summed E-state index contributed by atoms with van der Waals surface area (Å²) in [4.78, 5) is 16.0. The Morgan fingerprint density at radius 2 is 1.95 bits per heavy atom. The monoisotopic (exact) mass is 309 g/mol. The molecular weight excluding hydrogens is 297 g/mol. The summed E-state index contributed by atoms with van der Waals surface area (Å²) in [7, 11) is 0. The summed E-state index contributed by atoms with van der Waals surface area (Å²) in [5, 5.41) is 3.26. The molecule has 0 saturated heterocycles. The van der Waals surface area contributed by atoms with Gasteiger partial charge in [-0.3, -0.25) is 9.78 Å². The summed E-state index contributed by atoms with van der Waals surface area (Å²) in [6, 6.07) is 6.82. The molecular formula is C14H13Cl2N3O. The summed E-state index contributed by atoms with van der Waals surface area (Å²) >= 11 is 11.9. The number of nitrogens with one attached hydrogen (secondary N) is 1. The van der Waals surface area contributed by atoms with Gasteiger partial charge in [0.15, 0.2) is 0 Å². The van der Waals surface area contributed by atoms with Gasteiger partial charge in [0.1, 0.15) is 0 Å². The third-order valence-electron chi connectivity index (χ3n) is 2.74. The van der Waals surface area contributed by atoms with Gasteiger partial charge in [-0.25, -0.2) is 0 Å². The summed E-state index contributed by atoms with van der Waals surface area (Å²) in [5.74, 6) is -0.293. The van der Waals surface area contributed by atoms with Crippen molar-refractivity contribution in [1.82, 2.24) is 10.3 Å². The molecule has 0 aliphatic heterocycles. The molecule has 1 aromatic carbocycles. The van der Waals surface area contributed by atoms with E-state index in [4.69, 9.17) is 28.9 Å². The molecule has 104 valence electrons. The Kier molecular flexibility index (Phi) is 4.82. The number of nitrogens with zero attached hydrogens (tertiary/aromatic N) is 1. The number of aromatic nitrogens is 1. The first kappa shape index (κ1) is 14.6. The summed E-state index contributed by atoms with van der Waals surface area (Å²) in [6.07, 6.45) is 4.14. The number of pyridine rings is 1. The molecule has 0 aliphatic rings. The number of nitrogen functional groups attached to an aromatic ring is 1. The number of benzene rings is 1. The molecule has 0 radical (unpaired) electrons. The van der Waals surface area contributed by atoms with Crippen LogP contribution in [-0.2, 0) is 6.42 Å². The van der Waals surface area contributed by atoms with E-state index in [1.165, 1.54) is 12.1 Å². The van der Waals surface area contributed by atoms with E-state index >= 15 is 0 Å². The minimum Gasteiger partial charge on any atom is -0.399 e. The number of anilines is 1. The van der Waals surface area contributed by atoms with E-state index in [0.717, 1.165) is 5.56 Å². The van der Waals surface area contributed by atoms with E-state index in [1.807, 2.05) is 12.1 Å². The standard InChI is InChI=1S/C14H13Cl2N3O/c15-12-8-10(17)7-11(13(12)16)14(20)19-6-3-9-1-4-18-5-2-9/h1-2,4-5,7-8H,3,6,17H2,(H,19,20). The molecule has 1 amide bonds. The smallest absolute Gasteiger partial charge is 0.252 e. The molecule has 0 fully saturated rings. The third kappa shape index (κ3) is 3.62. The maximum absolute atomic E-state index is 12.0. The summed E-state index contributed by atoms with van der Waals surface area (Å²) in [6.45, 7) is 0.492. The minimum absolute atomic E-state index is 0.210. The number of carbonyl (C=O) groups excluding carboxylic acids is 1. The molecule has 3 N–H and O–H groups in total. The van der Waals surface area contributed by atoms with E-state index in [9.17, 15) is 4.79 Å². The first-order chi connectivity index (χ1) is 9.58. The normalized spacial score (nSPS) is 10.3. The second-order valence-electron chi connectivity index (χ2n) is 4.23. The van der Waals surface area contributed by atoms with Crippen molar-refractivity contribution >= 4 is 34.8 Å². The average Bonchev–Trinajstić information content (AvgIpc) is 2.44. The van der Waals surface area contributed by atoms with Crippen molar-refractivity contribution in [1.29, 1.82) is 0 Å². The van der Waals surface area contributed by atoms with E-state index in [1.54, 1.807) is 12.4 Å². The molecule has 0 saturated carbocycles. The van der Waals surface area contributed by atoms with Crippen LogP contribution in [0.3, 0.4) is 0 Å². The van der Waals surface area contributed by atoms with Crippen LogP contribution in [0.2, 0.25) is 10.0 Å². The molecule has 0 unspecified atom stereocenters. The molecule has 6 heteroatoms. The van der Waals surface area contributed by atoms with Gasteiger partial charge < -0.3 is 11.1 Å². The van der Waals surface area contributed by atoms with Gasteiger partial charge in [0, 0.05) is 24.6 Å². The lowest BCUT2D eigenvalue weighted by Gasteiger charge is -2.09. The van der Waals surface area contributed by atoms with Crippen molar-refractivity contribution in [2.24, 2.45) is 0 Å². The summed E-state index contributed by atoms with van der Waals surface area (Å²) < 4.78 is 0. The van der Waals surface area contributed by atoms with Crippen molar-refractivity contribution in [3.05, 3.63) is 57.8 Å². The molecule has 0 aliphatic carbocycles. The Labute approximate surface area is 126 Å². The molecule has 2 aromatic rings. The maximum atomic E-state index is 12.0. The van der Waals surface area contributed by atoms with E-state index < -0.39 is 0 Å². The zero-order valence-corrected chi connectivity index (χ0v) is 12.1. The molecule has 1 aromatic heterocycles. The van der Waals surface area contributed by atoms with Crippen LogP contribution in [0.4, 0.5) is 5.69 Å². The second kappa shape index (κ2) is 6.59. The first-order valence-corrected chi connectivity index (χ1v) is 6.75. The Bertz CT molecular complexity index is 617. The SMILES string of the molecule is Nc1cc(Cl)c(Cl)c(C(=O)NCCc2ccncc2)c1. The number of amides is 1. The van der Waals surface area contributed by atoms with Crippen LogP contribution in [0, 0.1) is 0 Å². The van der Waals surface area contributed by atoms with E-state index in [-0.39, 0.29) is 21.5 Å². The molecule has 4 nitrogen and oxygen atoms in total. The van der Waals surface area contributed by atoms with Crippen LogP contribution in [0.25, 0.3) is 0 Å². The molecule has 0 bridgehead atoms. The van der Waals surface area contributed by atoms with Crippen molar-refractivity contribution in [3.8, 4) is 0 Å². The first-order valence-electron chi connectivity index (χ1n) is 5.99. The van der Waals surface area contributed by atoms with Crippen LogP contribution >= 0.6 is 23.2 Å². The van der Waals surface area contributed by atoms with Gasteiger partial charge in [0.25, 0.3) is 5.91 Å². The molecule has 2 rings (SSSR count). The van der Waals surface area contributed by atoms with Crippen LogP contribution in [0.5, 0.6) is 0 Å². The predicted molar refractivity (Wildman–Crippen MR) is 81.1 cm³/mol. The number of hydrogen-bond donors (Lipinski definition) is 2. The Morgan fingerprint density at radius 1 is 1.25 bits per heavy atom.